The zero-order valence-electron chi connectivity index (χ0n) is 11.6. The minimum atomic E-state index is -2.77. The van der Waals surface area contributed by atoms with Crippen LogP contribution in [0.15, 0.2) is 30.5 Å². The maximum atomic E-state index is 13.4. The topological polar surface area (TPSA) is 55.1 Å². The van der Waals surface area contributed by atoms with Gasteiger partial charge in [-0.05, 0) is 24.3 Å². The van der Waals surface area contributed by atoms with Gasteiger partial charge in [-0.25, -0.2) is 22.9 Å². The second-order valence-corrected chi connectivity index (χ2v) is 5.49. The van der Waals surface area contributed by atoms with Gasteiger partial charge < -0.3 is 9.67 Å². The Kier molecular flexibility index (Phi) is 3.23. The minimum Gasteiger partial charge on any atom is -0.476 e. The molecule has 4 nitrogen and oxygen atoms in total. The van der Waals surface area contributed by atoms with Gasteiger partial charge in [0.15, 0.2) is 5.69 Å². The second-order valence-electron chi connectivity index (χ2n) is 5.49. The third kappa shape index (κ3) is 2.26. The van der Waals surface area contributed by atoms with Gasteiger partial charge in [0, 0.05) is 30.1 Å². The highest BCUT2D eigenvalue weighted by Crippen LogP contribution is 2.51. The zero-order valence-corrected chi connectivity index (χ0v) is 11.6. The molecule has 22 heavy (non-hydrogen) atoms. The molecule has 2 atom stereocenters. The normalized spacial score (nSPS) is 23.1. The molecule has 0 bridgehead atoms. The minimum absolute atomic E-state index is 0.221. The molecule has 1 fully saturated rings. The van der Waals surface area contributed by atoms with E-state index in [1.807, 2.05) is 0 Å². The number of carboxylic acids is 1. The first kappa shape index (κ1) is 14.6. The van der Waals surface area contributed by atoms with E-state index in [0.29, 0.717) is 5.56 Å². The van der Waals surface area contributed by atoms with E-state index in [1.54, 1.807) is 0 Å². The van der Waals surface area contributed by atoms with Crippen LogP contribution in [0, 0.1) is 11.7 Å². The van der Waals surface area contributed by atoms with Crippen molar-refractivity contribution in [3.63, 3.8) is 0 Å². The highest BCUT2D eigenvalue weighted by molar-refractivity contribution is 5.86. The molecule has 116 valence electrons. The van der Waals surface area contributed by atoms with E-state index in [2.05, 4.69) is 4.98 Å². The molecule has 1 N–H and O–H groups in total. The molecule has 1 aliphatic carbocycles. The van der Waals surface area contributed by atoms with Crippen LogP contribution in [0.3, 0.4) is 0 Å². The van der Waals surface area contributed by atoms with Crippen LogP contribution in [-0.4, -0.2) is 26.5 Å². The summed E-state index contributed by atoms with van der Waals surface area (Å²) in [5.41, 5.74) is 0.262. The molecule has 3 rings (SSSR count). The first-order chi connectivity index (χ1) is 10.3. The Morgan fingerprint density at radius 3 is 2.50 bits per heavy atom. The molecule has 0 aliphatic heterocycles. The Balaban J connectivity index is 2.05. The lowest BCUT2D eigenvalue weighted by Crippen LogP contribution is -2.46. The van der Waals surface area contributed by atoms with Crippen LogP contribution in [0.2, 0.25) is 0 Å². The molecule has 0 spiro atoms. The van der Waals surface area contributed by atoms with Crippen LogP contribution in [0.4, 0.5) is 13.2 Å². The summed E-state index contributed by atoms with van der Waals surface area (Å²) in [7, 11) is 0. The fourth-order valence-corrected chi connectivity index (χ4v) is 2.66. The summed E-state index contributed by atoms with van der Waals surface area (Å²) in [6, 6.07) is 4.79. The number of nitrogens with zero attached hydrogens (tertiary/aromatic N) is 2. The summed E-state index contributed by atoms with van der Waals surface area (Å²) in [5, 5.41) is 9.07. The predicted molar refractivity (Wildman–Crippen MR) is 72.3 cm³/mol. The first-order valence-corrected chi connectivity index (χ1v) is 6.75. The molecule has 7 heteroatoms. The number of carbonyl (C=O) groups is 1. The van der Waals surface area contributed by atoms with Crippen LogP contribution in [-0.2, 0) is 0 Å². The monoisotopic (exact) mass is 310 g/mol. The molecule has 0 radical (unpaired) electrons. The van der Waals surface area contributed by atoms with Crippen molar-refractivity contribution >= 4 is 5.97 Å². The van der Waals surface area contributed by atoms with Crippen molar-refractivity contribution in [1.82, 2.24) is 9.55 Å². The predicted octanol–water partition coefficient (Wildman–Crippen LogP) is 3.60. The fourth-order valence-electron chi connectivity index (χ4n) is 2.66. The van der Waals surface area contributed by atoms with E-state index in [4.69, 9.17) is 5.11 Å². The Morgan fingerprint density at radius 1 is 1.36 bits per heavy atom. The molecule has 2 unspecified atom stereocenters. The summed E-state index contributed by atoms with van der Waals surface area (Å²) in [5.74, 6) is -5.10. The largest absolute Gasteiger partial charge is 0.476 e. The van der Waals surface area contributed by atoms with Crippen molar-refractivity contribution in [1.29, 1.82) is 0 Å². The second kappa shape index (κ2) is 4.86. The van der Waals surface area contributed by atoms with Gasteiger partial charge in [-0.2, -0.15) is 0 Å². The SMILES string of the molecule is CC1C(n2cc(C(=O)O)nc2-c2ccc(F)cc2)CC1(F)F. The van der Waals surface area contributed by atoms with Crippen LogP contribution in [0.1, 0.15) is 29.9 Å². The number of halogens is 3. The molecule has 1 heterocycles. The number of alkyl halides is 2. The Bertz CT molecular complexity index is 725. The lowest BCUT2D eigenvalue weighted by molar-refractivity contribution is -0.158. The highest BCUT2D eigenvalue weighted by Gasteiger charge is 2.54. The van der Waals surface area contributed by atoms with E-state index in [1.165, 1.54) is 42.0 Å². The van der Waals surface area contributed by atoms with Crippen LogP contribution in [0.5, 0.6) is 0 Å². The molecule has 0 amide bonds. The molecule has 1 saturated carbocycles. The Labute approximate surface area is 124 Å². The smallest absolute Gasteiger partial charge is 0.356 e. The maximum absolute atomic E-state index is 13.4. The number of hydrogen-bond acceptors (Lipinski definition) is 2. The van der Waals surface area contributed by atoms with Gasteiger partial charge in [0.05, 0.1) is 0 Å². The summed E-state index contributed by atoms with van der Waals surface area (Å²) in [4.78, 5) is 15.1. The lowest BCUT2D eigenvalue weighted by atomic mass is 9.76. The number of benzene rings is 1. The molecular weight excluding hydrogens is 297 g/mol. The van der Waals surface area contributed by atoms with Gasteiger partial charge in [-0.15, -0.1) is 0 Å². The van der Waals surface area contributed by atoms with E-state index in [9.17, 15) is 18.0 Å². The lowest BCUT2D eigenvalue weighted by Gasteiger charge is -2.43. The van der Waals surface area contributed by atoms with Gasteiger partial charge in [0.1, 0.15) is 11.6 Å². The molecule has 0 saturated heterocycles. The van der Waals surface area contributed by atoms with Gasteiger partial charge in [0.2, 0.25) is 0 Å². The first-order valence-electron chi connectivity index (χ1n) is 6.75. The van der Waals surface area contributed by atoms with Gasteiger partial charge in [-0.3, -0.25) is 0 Å². The highest BCUT2D eigenvalue weighted by atomic mass is 19.3. The van der Waals surface area contributed by atoms with Crippen LogP contribution < -0.4 is 0 Å². The summed E-state index contributed by atoms with van der Waals surface area (Å²) < 4.78 is 41.3. The third-order valence-corrected chi connectivity index (χ3v) is 4.14. The third-order valence-electron chi connectivity index (χ3n) is 4.14. The molecule has 2 aromatic rings. The van der Waals surface area contributed by atoms with Crippen molar-refractivity contribution in [2.45, 2.75) is 25.3 Å². The quantitative estimate of drug-likeness (QED) is 0.942. The van der Waals surface area contributed by atoms with Crippen molar-refractivity contribution in [3.05, 3.63) is 42.0 Å². The summed E-state index contributed by atoms with van der Waals surface area (Å²) >= 11 is 0. The van der Waals surface area contributed by atoms with Gasteiger partial charge >= 0.3 is 5.97 Å². The average molecular weight is 310 g/mol. The van der Waals surface area contributed by atoms with Crippen molar-refractivity contribution < 1.29 is 23.1 Å². The van der Waals surface area contributed by atoms with E-state index in [-0.39, 0.29) is 17.9 Å². The van der Waals surface area contributed by atoms with Crippen LogP contribution in [0.25, 0.3) is 11.4 Å². The van der Waals surface area contributed by atoms with Crippen LogP contribution >= 0.6 is 0 Å². The standard InChI is InChI=1S/C15H13F3N2O2/c1-8-12(6-15(8,17)18)20-7-11(14(21)22)19-13(20)9-2-4-10(16)5-3-9/h2-5,7-8,12H,6H2,1H3,(H,21,22). The zero-order chi connectivity index (χ0) is 16.1. The van der Waals surface area contributed by atoms with Gasteiger partial charge in [-0.1, -0.05) is 6.92 Å². The maximum Gasteiger partial charge on any atom is 0.356 e. The fraction of sp³-hybridized carbons (Fsp3) is 0.333. The number of aromatic nitrogens is 2. The van der Waals surface area contributed by atoms with Crippen molar-refractivity contribution in [3.8, 4) is 11.4 Å². The van der Waals surface area contributed by atoms with Crippen molar-refractivity contribution in [2.24, 2.45) is 5.92 Å². The van der Waals surface area contributed by atoms with Gasteiger partial charge in [0.25, 0.3) is 5.92 Å². The Hall–Kier alpha value is -2.31. The number of aromatic carboxylic acids is 1. The molecule has 1 aliphatic rings. The summed E-state index contributed by atoms with van der Waals surface area (Å²) in [6.45, 7) is 1.42. The van der Waals surface area contributed by atoms with E-state index in [0.717, 1.165) is 0 Å². The molecule has 1 aromatic heterocycles. The average Bonchev–Trinajstić information content (AvgIpc) is 2.90. The number of hydrogen-bond donors (Lipinski definition) is 1. The number of rotatable bonds is 3. The van der Waals surface area contributed by atoms with E-state index < -0.39 is 29.7 Å². The summed E-state index contributed by atoms with van der Waals surface area (Å²) in [6.07, 6.45) is 0.898. The van der Waals surface area contributed by atoms with Crippen molar-refractivity contribution in [2.75, 3.05) is 0 Å². The Morgan fingerprint density at radius 2 is 2.00 bits per heavy atom. The number of imidazole rings is 1. The molecule has 1 aromatic carbocycles. The van der Waals surface area contributed by atoms with E-state index >= 15 is 0 Å². The number of carboxylic acid groups (broad SMARTS) is 1. The molecular formula is C15H13F3N2O2.